The highest BCUT2D eigenvalue weighted by Crippen LogP contribution is 2.34. The summed E-state index contributed by atoms with van der Waals surface area (Å²) in [5, 5.41) is 0.642. The lowest BCUT2D eigenvalue weighted by Crippen LogP contribution is -2.29. The van der Waals surface area contributed by atoms with Crippen LogP contribution in [-0.2, 0) is 4.79 Å². The number of carbonyl (C=O) groups is 1. The predicted molar refractivity (Wildman–Crippen MR) is 112 cm³/mol. The summed E-state index contributed by atoms with van der Waals surface area (Å²) < 4.78 is 6.16. The van der Waals surface area contributed by atoms with Gasteiger partial charge in [-0.25, -0.2) is 4.99 Å². The molecule has 0 unspecified atom stereocenters. The Morgan fingerprint density at radius 2 is 1.88 bits per heavy atom. The molecule has 2 aromatic rings. The van der Waals surface area contributed by atoms with E-state index in [1.54, 1.807) is 18.1 Å². The Labute approximate surface area is 165 Å². The standard InChI is InChI=1S/C20H17BrN2O2S/c1-3-12-23-19(24)18(13-14-4-6-15(21)7-5-14)26-20(23)22-16-8-10-17(25-2)11-9-16/h3-11,13H,1,12H2,2H3/b18-13-,22-20?. The maximum absolute atomic E-state index is 12.7. The average Bonchev–Trinajstić information content (AvgIpc) is 2.93. The molecular weight excluding hydrogens is 412 g/mol. The lowest BCUT2D eigenvalue weighted by atomic mass is 10.2. The lowest BCUT2D eigenvalue weighted by molar-refractivity contribution is -0.121. The van der Waals surface area contributed by atoms with Crippen molar-refractivity contribution in [2.45, 2.75) is 0 Å². The summed E-state index contributed by atoms with van der Waals surface area (Å²) in [5.74, 6) is 0.702. The van der Waals surface area contributed by atoms with Gasteiger partial charge in [0, 0.05) is 11.0 Å². The topological polar surface area (TPSA) is 41.9 Å². The number of hydrogen-bond donors (Lipinski definition) is 0. The maximum Gasteiger partial charge on any atom is 0.267 e. The molecule has 1 saturated heterocycles. The Kier molecular flexibility index (Phi) is 5.96. The van der Waals surface area contributed by atoms with Crippen molar-refractivity contribution in [1.82, 2.24) is 4.90 Å². The second kappa shape index (κ2) is 8.38. The summed E-state index contributed by atoms with van der Waals surface area (Å²) in [6.45, 7) is 4.16. The van der Waals surface area contributed by atoms with Crippen LogP contribution in [0, 0.1) is 0 Å². The molecule has 0 atom stereocenters. The number of amides is 1. The maximum atomic E-state index is 12.7. The average molecular weight is 429 g/mol. The summed E-state index contributed by atoms with van der Waals surface area (Å²) in [4.78, 5) is 19.6. The van der Waals surface area contributed by atoms with Crippen LogP contribution in [0.4, 0.5) is 5.69 Å². The van der Waals surface area contributed by atoms with Gasteiger partial charge in [0.15, 0.2) is 5.17 Å². The highest BCUT2D eigenvalue weighted by atomic mass is 79.9. The molecule has 0 spiro atoms. The van der Waals surface area contributed by atoms with Crippen molar-refractivity contribution < 1.29 is 9.53 Å². The molecule has 0 aliphatic carbocycles. The number of carbonyl (C=O) groups excluding carboxylic acids is 1. The van der Waals surface area contributed by atoms with Crippen LogP contribution < -0.4 is 4.74 Å². The van der Waals surface area contributed by atoms with E-state index in [4.69, 9.17) is 4.74 Å². The molecule has 1 aliphatic rings. The van der Waals surface area contributed by atoms with E-state index < -0.39 is 0 Å². The molecule has 0 aromatic heterocycles. The molecule has 26 heavy (non-hydrogen) atoms. The fourth-order valence-corrected chi connectivity index (χ4v) is 3.63. The van der Waals surface area contributed by atoms with Gasteiger partial charge in [0.1, 0.15) is 5.75 Å². The van der Waals surface area contributed by atoms with E-state index in [2.05, 4.69) is 27.5 Å². The minimum absolute atomic E-state index is 0.0647. The van der Waals surface area contributed by atoms with Crippen LogP contribution in [0.1, 0.15) is 5.56 Å². The quantitative estimate of drug-likeness (QED) is 0.482. The Balaban J connectivity index is 1.91. The molecule has 3 rings (SSSR count). The molecule has 0 bridgehead atoms. The van der Waals surface area contributed by atoms with Gasteiger partial charge in [0.2, 0.25) is 0 Å². The Morgan fingerprint density at radius 3 is 2.50 bits per heavy atom. The van der Waals surface area contributed by atoms with Crippen molar-refractivity contribution in [3.63, 3.8) is 0 Å². The number of amidine groups is 1. The van der Waals surface area contributed by atoms with Crippen LogP contribution in [-0.4, -0.2) is 29.6 Å². The zero-order valence-corrected chi connectivity index (χ0v) is 16.6. The van der Waals surface area contributed by atoms with Gasteiger partial charge >= 0.3 is 0 Å². The zero-order chi connectivity index (χ0) is 18.5. The third kappa shape index (κ3) is 4.26. The second-order valence-electron chi connectivity index (χ2n) is 5.46. The largest absolute Gasteiger partial charge is 0.497 e. The molecule has 1 heterocycles. The number of halogens is 1. The molecule has 0 N–H and O–H groups in total. The fourth-order valence-electron chi connectivity index (χ4n) is 2.36. The Bertz CT molecular complexity index is 874. The second-order valence-corrected chi connectivity index (χ2v) is 7.38. The first-order valence-electron chi connectivity index (χ1n) is 7.91. The number of rotatable bonds is 5. The summed E-state index contributed by atoms with van der Waals surface area (Å²) in [7, 11) is 1.62. The molecule has 132 valence electrons. The third-order valence-electron chi connectivity index (χ3n) is 3.66. The SMILES string of the molecule is C=CCN1C(=O)/C(=C/c2ccc(Br)cc2)SC1=Nc1ccc(OC)cc1. The first-order chi connectivity index (χ1) is 12.6. The van der Waals surface area contributed by atoms with Gasteiger partial charge in [0.25, 0.3) is 5.91 Å². The molecule has 0 saturated carbocycles. The molecule has 4 nitrogen and oxygen atoms in total. The number of benzene rings is 2. The number of hydrogen-bond acceptors (Lipinski definition) is 4. The Hall–Kier alpha value is -2.31. The monoisotopic (exact) mass is 428 g/mol. The van der Waals surface area contributed by atoms with Crippen molar-refractivity contribution in [2.75, 3.05) is 13.7 Å². The van der Waals surface area contributed by atoms with Gasteiger partial charge in [-0.15, -0.1) is 6.58 Å². The molecule has 6 heteroatoms. The van der Waals surface area contributed by atoms with E-state index in [1.807, 2.05) is 54.6 Å². The van der Waals surface area contributed by atoms with E-state index in [0.29, 0.717) is 16.6 Å². The van der Waals surface area contributed by atoms with Gasteiger partial charge in [0.05, 0.1) is 17.7 Å². The minimum atomic E-state index is -0.0647. The highest BCUT2D eigenvalue weighted by Gasteiger charge is 2.32. The van der Waals surface area contributed by atoms with Crippen LogP contribution in [0.5, 0.6) is 5.75 Å². The Morgan fingerprint density at radius 1 is 1.19 bits per heavy atom. The van der Waals surface area contributed by atoms with Gasteiger partial charge in [-0.05, 0) is 59.8 Å². The number of methoxy groups -OCH3 is 1. The molecule has 1 fully saturated rings. The van der Waals surface area contributed by atoms with Crippen LogP contribution in [0.2, 0.25) is 0 Å². The summed E-state index contributed by atoms with van der Waals surface area (Å²) in [5.41, 5.74) is 1.73. The van der Waals surface area contributed by atoms with Gasteiger partial charge < -0.3 is 4.74 Å². The van der Waals surface area contributed by atoms with E-state index in [-0.39, 0.29) is 5.91 Å². The third-order valence-corrected chi connectivity index (χ3v) is 5.20. The van der Waals surface area contributed by atoms with Crippen molar-refractivity contribution in [3.8, 4) is 5.75 Å². The van der Waals surface area contributed by atoms with Crippen molar-refractivity contribution in [3.05, 3.63) is 76.1 Å². The van der Waals surface area contributed by atoms with Crippen LogP contribution >= 0.6 is 27.7 Å². The first-order valence-corrected chi connectivity index (χ1v) is 9.52. The highest BCUT2D eigenvalue weighted by molar-refractivity contribution is 9.10. The van der Waals surface area contributed by atoms with Crippen molar-refractivity contribution in [1.29, 1.82) is 0 Å². The van der Waals surface area contributed by atoms with E-state index in [9.17, 15) is 4.79 Å². The fraction of sp³-hybridized carbons (Fsp3) is 0.100. The zero-order valence-electron chi connectivity index (χ0n) is 14.2. The van der Waals surface area contributed by atoms with Crippen LogP contribution in [0.15, 0.2) is 75.6 Å². The summed E-state index contributed by atoms with van der Waals surface area (Å²) in [6.07, 6.45) is 3.58. The van der Waals surface area contributed by atoms with Gasteiger partial charge in [-0.2, -0.15) is 0 Å². The minimum Gasteiger partial charge on any atom is -0.497 e. The van der Waals surface area contributed by atoms with E-state index in [1.165, 1.54) is 11.8 Å². The lowest BCUT2D eigenvalue weighted by Gasteiger charge is -2.12. The van der Waals surface area contributed by atoms with Gasteiger partial charge in [-0.3, -0.25) is 9.69 Å². The predicted octanol–water partition coefficient (Wildman–Crippen LogP) is 5.25. The normalized spacial score (nSPS) is 17.2. The van der Waals surface area contributed by atoms with Crippen LogP contribution in [0.25, 0.3) is 6.08 Å². The van der Waals surface area contributed by atoms with Gasteiger partial charge in [-0.1, -0.05) is 34.1 Å². The van der Waals surface area contributed by atoms with Crippen LogP contribution in [0.3, 0.4) is 0 Å². The first kappa shape index (κ1) is 18.5. The number of aliphatic imine (C=N–C) groups is 1. The molecule has 2 aromatic carbocycles. The summed E-state index contributed by atoms with van der Waals surface area (Å²) in [6, 6.07) is 15.2. The van der Waals surface area contributed by atoms with E-state index in [0.717, 1.165) is 21.5 Å². The molecule has 0 radical (unpaired) electrons. The van der Waals surface area contributed by atoms with E-state index >= 15 is 0 Å². The molecule has 1 aliphatic heterocycles. The smallest absolute Gasteiger partial charge is 0.267 e. The molecule has 1 amide bonds. The summed E-state index contributed by atoms with van der Waals surface area (Å²) >= 11 is 4.78. The molecular formula is C20H17BrN2O2S. The number of thioether (sulfide) groups is 1. The van der Waals surface area contributed by atoms with Crippen molar-refractivity contribution in [2.24, 2.45) is 4.99 Å². The number of ether oxygens (including phenoxy) is 1. The number of nitrogens with zero attached hydrogens (tertiary/aromatic N) is 2. The van der Waals surface area contributed by atoms with Crippen molar-refractivity contribution >= 4 is 50.5 Å².